The third kappa shape index (κ3) is 3.71. The summed E-state index contributed by atoms with van der Waals surface area (Å²) in [6, 6.07) is 0. The maximum Gasteiger partial charge on any atom is 0.119 e. The van der Waals surface area contributed by atoms with E-state index in [1.165, 1.54) is 11.8 Å². The fraction of sp³-hybridized carbons (Fsp3) is 1.00. The quantitative estimate of drug-likeness (QED) is 0.443. The zero-order valence-electron chi connectivity index (χ0n) is 6.24. The Morgan fingerprint density at radius 2 is 2.20 bits per heavy atom. The van der Waals surface area contributed by atoms with Gasteiger partial charge in [-0.1, -0.05) is 0 Å². The number of rotatable bonds is 4. The number of aliphatic hydroxyl groups is 2. The maximum atomic E-state index is 9.50. The van der Waals surface area contributed by atoms with Crippen LogP contribution in [0.1, 0.15) is 13.8 Å². The summed E-state index contributed by atoms with van der Waals surface area (Å²) in [6.07, 6.45) is 0. The molecule has 0 radical (unpaired) electrons. The molecule has 0 heterocycles. The summed E-state index contributed by atoms with van der Waals surface area (Å²) in [4.78, 5) is -0.828. The van der Waals surface area contributed by atoms with Crippen LogP contribution in [0.5, 0.6) is 0 Å². The molecule has 0 aliphatic carbocycles. The molecule has 2 nitrogen and oxygen atoms in total. The maximum absolute atomic E-state index is 9.50. The van der Waals surface area contributed by atoms with E-state index in [9.17, 15) is 5.11 Å². The van der Waals surface area contributed by atoms with E-state index in [4.69, 9.17) is 5.11 Å². The highest BCUT2D eigenvalue weighted by Gasteiger charge is 2.25. The topological polar surface area (TPSA) is 40.5 Å². The smallest absolute Gasteiger partial charge is 0.119 e. The molecule has 0 aromatic carbocycles. The largest absolute Gasteiger partial charge is 0.396 e. The molecule has 0 fully saturated rings. The molecule has 0 aromatic rings. The Hall–Kier alpha value is 0.620. The van der Waals surface area contributed by atoms with Crippen molar-refractivity contribution in [3.8, 4) is 0 Å². The van der Waals surface area contributed by atoms with Gasteiger partial charge in [0.1, 0.15) is 4.93 Å². The van der Waals surface area contributed by atoms with Gasteiger partial charge in [-0.05, 0) is 13.8 Å². The minimum Gasteiger partial charge on any atom is -0.396 e. The first-order chi connectivity index (χ1) is 4.50. The summed E-state index contributed by atoms with van der Waals surface area (Å²) < 4.78 is 0. The van der Waals surface area contributed by atoms with Crippen LogP contribution >= 0.6 is 24.4 Å². The highest BCUT2D eigenvalue weighted by molar-refractivity contribution is 8.01. The van der Waals surface area contributed by atoms with E-state index in [-0.39, 0.29) is 11.9 Å². The van der Waals surface area contributed by atoms with Crippen molar-refractivity contribution >= 4 is 24.4 Å². The van der Waals surface area contributed by atoms with E-state index in [0.29, 0.717) is 5.75 Å². The highest BCUT2D eigenvalue weighted by atomic mass is 32.2. The zero-order valence-corrected chi connectivity index (χ0v) is 7.95. The zero-order chi connectivity index (χ0) is 8.20. The van der Waals surface area contributed by atoms with E-state index in [1.54, 1.807) is 6.92 Å². The van der Waals surface area contributed by atoms with Gasteiger partial charge in [0.25, 0.3) is 0 Å². The van der Waals surface area contributed by atoms with Gasteiger partial charge in [-0.3, -0.25) is 0 Å². The third-order valence-electron chi connectivity index (χ3n) is 1.26. The molecule has 0 aliphatic heterocycles. The molecule has 2 unspecified atom stereocenters. The van der Waals surface area contributed by atoms with Gasteiger partial charge >= 0.3 is 0 Å². The molecule has 0 amide bonds. The standard InChI is InChI=1S/C6H14O2S2/c1-5(9)6(2,8)10-4-3-7/h5,7-9H,3-4H2,1-2H3. The lowest BCUT2D eigenvalue weighted by atomic mass is 10.3. The lowest BCUT2D eigenvalue weighted by Gasteiger charge is -2.25. The van der Waals surface area contributed by atoms with E-state index >= 15 is 0 Å². The average Bonchev–Trinajstić information content (AvgIpc) is 1.84. The number of hydrogen-bond donors (Lipinski definition) is 3. The van der Waals surface area contributed by atoms with Gasteiger partial charge in [-0.2, -0.15) is 12.6 Å². The molecule has 0 rings (SSSR count). The predicted octanol–water partition coefficient (Wildman–Crippen LogP) is 0.739. The molecule has 0 spiro atoms. The van der Waals surface area contributed by atoms with Crippen molar-refractivity contribution in [3.05, 3.63) is 0 Å². The molecule has 0 aromatic heterocycles. The molecule has 2 N–H and O–H groups in total. The van der Waals surface area contributed by atoms with Crippen LogP contribution in [0.4, 0.5) is 0 Å². The number of aliphatic hydroxyl groups excluding tert-OH is 1. The minimum atomic E-state index is -0.828. The van der Waals surface area contributed by atoms with Crippen molar-refractivity contribution in [2.45, 2.75) is 24.0 Å². The van der Waals surface area contributed by atoms with E-state index in [1.807, 2.05) is 6.92 Å². The Morgan fingerprint density at radius 1 is 1.70 bits per heavy atom. The molecule has 2 atom stereocenters. The van der Waals surface area contributed by atoms with Gasteiger partial charge in [0.05, 0.1) is 6.61 Å². The number of thioether (sulfide) groups is 1. The van der Waals surface area contributed by atoms with Gasteiger partial charge in [0.2, 0.25) is 0 Å². The fourth-order valence-electron chi connectivity index (χ4n) is 0.373. The van der Waals surface area contributed by atoms with E-state index in [0.717, 1.165) is 0 Å². The minimum absolute atomic E-state index is 0.0796. The van der Waals surface area contributed by atoms with Gasteiger partial charge in [0, 0.05) is 11.0 Å². The Labute approximate surface area is 71.4 Å². The van der Waals surface area contributed by atoms with E-state index in [2.05, 4.69) is 12.6 Å². The fourth-order valence-corrected chi connectivity index (χ4v) is 1.34. The Bertz CT molecular complexity index is 93.7. The summed E-state index contributed by atoms with van der Waals surface area (Å²) in [5, 5.41) is 17.9. The van der Waals surface area contributed by atoms with Gasteiger partial charge in [-0.25, -0.2) is 0 Å². The van der Waals surface area contributed by atoms with Crippen molar-refractivity contribution in [2.24, 2.45) is 0 Å². The molecular weight excluding hydrogens is 168 g/mol. The van der Waals surface area contributed by atoms with Crippen molar-refractivity contribution in [1.29, 1.82) is 0 Å². The molecule has 4 heteroatoms. The molecule has 0 saturated carbocycles. The summed E-state index contributed by atoms with van der Waals surface area (Å²) in [7, 11) is 0. The summed E-state index contributed by atoms with van der Waals surface area (Å²) in [6.45, 7) is 3.62. The number of hydrogen-bond acceptors (Lipinski definition) is 4. The Balaban J connectivity index is 3.63. The van der Waals surface area contributed by atoms with Crippen molar-refractivity contribution < 1.29 is 10.2 Å². The number of thiol groups is 1. The van der Waals surface area contributed by atoms with Crippen molar-refractivity contribution in [1.82, 2.24) is 0 Å². The van der Waals surface area contributed by atoms with Crippen molar-refractivity contribution in [2.75, 3.05) is 12.4 Å². The van der Waals surface area contributed by atoms with Crippen LogP contribution in [-0.2, 0) is 0 Å². The summed E-state index contributed by atoms with van der Waals surface area (Å²) >= 11 is 5.41. The normalized spacial score (nSPS) is 20.1. The van der Waals surface area contributed by atoms with Crippen LogP contribution in [0.25, 0.3) is 0 Å². The van der Waals surface area contributed by atoms with Crippen LogP contribution in [0.15, 0.2) is 0 Å². The first kappa shape index (κ1) is 10.6. The highest BCUT2D eigenvalue weighted by Crippen LogP contribution is 2.27. The second-order valence-electron chi connectivity index (χ2n) is 2.30. The molecular formula is C6H14O2S2. The average molecular weight is 182 g/mol. The van der Waals surface area contributed by atoms with Crippen LogP contribution in [0.2, 0.25) is 0 Å². The molecule has 0 aliphatic rings. The van der Waals surface area contributed by atoms with Crippen LogP contribution in [0.3, 0.4) is 0 Å². The van der Waals surface area contributed by atoms with E-state index < -0.39 is 4.93 Å². The second kappa shape index (κ2) is 4.49. The molecule has 62 valence electrons. The van der Waals surface area contributed by atoms with Gasteiger partial charge < -0.3 is 10.2 Å². The predicted molar refractivity (Wildman–Crippen MR) is 48.6 cm³/mol. The third-order valence-corrected chi connectivity index (χ3v) is 3.26. The van der Waals surface area contributed by atoms with Crippen LogP contribution < -0.4 is 0 Å². The Morgan fingerprint density at radius 3 is 2.50 bits per heavy atom. The first-order valence-corrected chi connectivity index (χ1v) is 4.66. The van der Waals surface area contributed by atoms with Gasteiger partial charge in [-0.15, -0.1) is 11.8 Å². The molecule has 0 bridgehead atoms. The van der Waals surface area contributed by atoms with Crippen molar-refractivity contribution in [3.63, 3.8) is 0 Å². The second-order valence-corrected chi connectivity index (χ2v) is 4.60. The van der Waals surface area contributed by atoms with Crippen LogP contribution in [0, 0.1) is 0 Å². The molecule has 0 saturated heterocycles. The van der Waals surface area contributed by atoms with Crippen LogP contribution in [-0.4, -0.2) is 32.8 Å². The Kier molecular flexibility index (Phi) is 4.77. The lowest BCUT2D eigenvalue weighted by molar-refractivity contribution is 0.159. The first-order valence-electron chi connectivity index (χ1n) is 3.16. The molecule has 10 heavy (non-hydrogen) atoms. The SMILES string of the molecule is CC(S)C(C)(O)SCCO. The lowest BCUT2D eigenvalue weighted by Crippen LogP contribution is -2.30. The van der Waals surface area contributed by atoms with Gasteiger partial charge in [0.15, 0.2) is 0 Å². The summed E-state index contributed by atoms with van der Waals surface area (Å²) in [5.41, 5.74) is 0. The monoisotopic (exact) mass is 182 g/mol. The summed E-state index contributed by atoms with van der Waals surface area (Å²) in [5.74, 6) is 0.553.